The van der Waals surface area contributed by atoms with Gasteiger partial charge in [0, 0.05) is 32.2 Å². The van der Waals surface area contributed by atoms with Gasteiger partial charge in [0.2, 0.25) is 15.9 Å². The summed E-state index contributed by atoms with van der Waals surface area (Å²) < 4.78 is 32.8. The largest absolute Gasteiger partial charge is 0.379 e. The minimum absolute atomic E-state index is 0.0168. The van der Waals surface area contributed by atoms with Gasteiger partial charge < -0.3 is 10.1 Å². The van der Waals surface area contributed by atoms with Gasteiger partial charge in [-0.3, -0.25) is 4.79 Å². The molecule has 0 radical (unpaired) electrons. The van der Waals surface area contributed by atoms with E-state index in [1.165, 1.54) is 4.31 Å². The van der Waals surface area contributed by atoms with Crippen LogP contribution in [-0.4, -0.2) is 51.0 Å². The number of carbonyl (C=O) groups is 1. The second-order valence-corrected chi connectivity index (χ2v) is 9.42. The molecule has 0 unspecified atom stereocenters. The molecule has 1 heterocycles. The van der Waals surface area contributed by atoms with Gasteiger partial charge >= 0.3 is 0 Å². The van der Waals surface area contributed by atoms with E-state index in [4.69, 9.17) is 4.74 Å². The number of piperidine rings is 1. The van der Waals surface area contributed by atoms with Crippen LogP contribution < -0.4 is 5.32 Å². The summed E-state index contributed by atoms with van der Waals surface area (Å²) in [7, 11) is -3.51. The monoisotopic (exact) mass is 396 g/mol. The van der Waals surface area contributed by atoms with Crippen LogP contribution in [-0.2, 0) is 19.6 Å². The van der Waals surface area contributed by atoms with Crippen molar-refractivity contribution in [2.45, 2.75) is 58.0 Å². The van der Waals surface area contributed by atoms with E-state index in [1.54, 1.807) is 6.07 Å². The van der Waals surface area contributed by atoms with Gasteiger partial charge in [-0.15, -0.1) is 0 Å². The van der Waals surface area contributed by atoms with Crippen LogP contribution >= 0.6 is 0 Å². The standard InChI is InChI=1S/C20H32N2O4S/c1-15(2)26-13-5-10-21-20(23)18-8-11-22(12-9-18)27(24,25)19-7-6-16(3)14-17(19)4/h6-7,14-15,18H,5,8-13H2,1-4H3,(H,21,23). The number of hydrogen-bond acceptors (Lipinski definition) is 4. The van der Waals surface area contributed by atoms with Gasteiger partial charge in [0.25, 0.3) is 0 Å². The molecular weight excluding hydrogens is 364 g/mol. The molecule has 0 bridgehead atoms. The van der Waals surface area contributed by atoms with Crippen LogP contribution in [0.15, 0.2) is 23.1 Å². The Balaban J connectivity index is 1.84. The quantitative estimate of drug-likeness (QED) is 0.686. The summed E-state index contributed by atoms with van der Waals surface area (Å²) in [6.07, 6.45) is 2.09. The Kier molecular flexibility index (Phi) is 7.82. The van der Waals surface area contributed by atoms with Crippen molar-refractivity contribution in [3.05, 3.63) is 29.3 Å². The molecule has 1 amide bonds. The maximum Gasteiger partial charge on any atom is 0.243 e. The Morgan fingerprint density at radius 3 is 2.52 bits per heavy atom. The number of nitrogens with one attached hydrogen (secondary N) is 1. The lowest BCUT2D eigenvalue weighted by molar-refractivity contribution is -0.126. The molecule has 0 aromatic heterocycles. The van der Waals surface area contributed by atoms with Crippen LogP contribution in [0.5, 0.6) is 0 Å². The summed E-state index contributed by atoms with van der Waals surface area (Å²) in [5.41, 5.74) is 1.80. The van der Waals surface area contributed by atoms with Crippen molar-refractivity contribution in [2.75, 3.05) is 26.2 Å². The summed E-state index contributed by atoms with van der Waals surface area (Å²) >= 11 is 0. The van der Waals surface area contributed by atoms with Crippen LogP contribution in [0.2, 0.25) is 0 Å². The zero-order chi connectivity index (χ0) is 20.0. The van der Waals surface area contributed by atoms with E-state index in [0.717, 1.165) is 17.5 Å². The van der Waals surface area contributed by atoms with Gasteiger partial charge in [0.1, 0.15) is 0 Å². The Morgan fingerprint density at radius 2 is 1.93 bits per heavy atom. The molecule has 1 aromatic rings. The van der Waals surface area contributed by atoms with Crippen molar-refractivity contribution >= 4 is 15.9 Å². The summed E-state index contributed by atoms with van der Waals surface area (Å²) in [4.78, 5) is 12.7. The van der Waals surface area contributed by atoms with Crippen molar-refractivity contribution in [1.82, 2.24) is 9.62 Å². The first-order chi connectivity index (χ1) is 12.7. The highest BCUT2D eigenvalue weighted by molar-refractivity contribution is 7.89. The molecule has 2 rings (SSSR count). The van der Waals surface area contributed by atoms with Gasteiger partial charge in [0.15, 0.2) is 0 Å². The number of benzene rings is 1. The third-order valence-electron chi connectivity index (χ3n) is 4.84. The lowest BCUT2D eigenvalue weighted by Gasteiger charge is -2.31. The smallest absolute Gasteiger partial charge is 0.243 e. The van der Waals surface area contributed by atoms with Crippen molar-refractivity contribution in [3.63, 3.8) is 0 Å². The number of amides is 1. The van der Waals surface area contributed by atoms with Crippen LogP contribution in [0.4, 0.5) is 0 Å². The van der Waals surface area contributed by atoms with Gasteiger partial charge in [-0.25, -0.2) is 8.42 Å². The lowest BCUT2D eigenvalue weighted by Crippen LogP contribution is -2.43. The summed E-state index contributed by atoms with van der Waals surface area (Å²) in [5, 5.41) is 2.94. The van der Waals surface area contributed by atoms with Gasteiger partial charge in [-0.2, -0.15) is 4.31 Å². The highest BCUT2D eigenvalue weighted by Crippen LogP contribution is 2.26. The van der Waals surface area contributed by atoms with Gasteiger partial charge in [0.05, 0.1) is 11.0 Å². The minimum Gasteiger partial charge on any atom is -0.379 e. The Bertz CT molecular complexity index is 738. The summed E-state index contributed by atoms with van der Waals surface area (Å²) in [5.74, 6) is -0.107. The van der Waals surface area contributed by atoms with E-state index in [0.29, 0.717) is 44.0 Å². The first-order valence-electron chi connectivity index (χ1n) is 9.68. The van der Waals surface area contributed by atoms with Crippen molar-refractivity contribution < 1.29 is 17.9 Å². The molecule has 0 spiro atoms. The molecule has 27 heavy (non-hydrogen) atoms. The van der Waals surface area contributed by atoms with Crippen LogP contribution in [0.25, 0.3) is 0 Å². The maximum atomic E-state index is 12.9. The number of sulfonamides is 1. The first-order valence-corrected chi connectivity index (χ1v) is 11.1. The Hall–Kier alpha value is -1.44. The average molecular weight is 397 g/mol. The molecule has 0 aliphatic carbocycles. The molecule has 7 heteroatoms. The van der Waals surface area contributed by atoms with E-state index in [-0.39, 0.29) is 17.9 Å². The van der Waals surface area contributed by atoms with E-state index < -0.39 is 10.0 Å². The average Bonchev–Trinajstić information content (AvgIpc) is 2.60. The number of carbonyl (C=O) groups excluding carboxylic acids is 1. The molecule has 1 aliphatic heterocycles. The van der Waals surface area contributed by atoms with Crippen molar-refractivity contribution in [1.29, 1.82) is 0 Å². The molecule has 1 saturated heterocycles. The first kappa shape index (κ1) is 21.9. The molecule has 6 nitrogen and oxygen atoms in total. The Morgan fingerprint density at radius 1 is 1.26 bits per heavy atom. The highest BCUT2D eigenvalue weighted by Gasteiger charge is 2.32. The predicted molar refractivity (Wildman–Crippen MR) is 106 cm³/mol. The summed E-state index contributed by atoms with van der Waals surface area (Å²) in [6, 6.07) is 5.39. The maximum absolute atomic E-state index is 12.9. The second-order valence-electron chi connectivity index (χ2n) is 7.51. The zero-order valence-electron chi connectivity index (χ0n) is 16.8. The molecule has 1 aliphatic rings. The van der Waals surface area contributed by atoms with E-state index in [9.17, 15) is 13.2 Å². The van der Waals surface area contributed by atoms with Crippen molar-refractivity contribution in [2.24, 2.45) is 5.92 Å². The SMILES string of the molecule is Cc1ccc(S(=O)(=O)N2CCC(C(=O)NCCCOC(C)C)CC2)c(C)c1. The topological polar surface area (TPSA) is 75.7 Å². The van der Waals surface area contributed by atoms with Crippen LogP contribution in [0.1, 0.15) is 44.2 Å². The third-order valence-corrected chi connectivity index (χ3v) is 6.90. The number of ether oxygens (including phenoxy) is 1. The molecule has 1 aromatic carbocycles. The van der Waals surface area contributed by atoms with E-state index >= 15 is 0 Å². The fourth-order valence-electron chi connectivity index (χ4n) is 3.33. The van der Waals surface area contributed by atoms with Crippen LogP contribution in [0, 0.1) is 19.8 Å². The van der Waals surface area contributed by atoms with Gasteiger partial charge in [-0.05, 0) is 58.6 Å². The highest BCUT2D eigenvalue weighted by atomic mass is 32.2. The Labute approximate surface area is 163 Å². The van der Waals surface area contributed by atoms with E-state index in [2.05, 4.69) is 5.32 Å². The third kappa shape index (κ3) is 6.02. The summed E-state index contributed by atoms with van der Waals surface area (Å²) in [6.45, 7) is 9.72. The molecule has 152 valence electrons. The normalized spacial score (nSPS) is 16.6. The van der Waals surface area contributed by atoms with Crippen LogP contribution in [0.3, 0.4) is 0 Å². The molecule has 1 N–H and O–H groups in total. The molecule has 1 fully saturated rings. The minimum atomic E-state index is -3.51. The lowest BCUT2D eigenvalue weighted by atomic mass is 9.97. The van der Waals surface area contributed by atoms with E-state index in [1.807, 2.05) is 39.8 Å². The predicted octanol–water partition coefficient (Wildman–Crippen LogP) is 2.64. The van der Waals surface area contributed by atoms with Crippen molar-refractivity contribution in [3.8, 4) is 0 Å². The number of hydrogen-bond donors (Lipinski definition) is 1. The fraction of sp³-hybridized carbons (Fsp3) is 0.650. The zero-order valence-corrected chi connectivity index (χ0v) is 17.6. The number of rotatable bonds is 8. The number of nitrogens with zero attached hydrogens (tertiary/aromatic N) is 1. The number of aryl methyl sites for hydroxylation is 2. The van der Waals surface area contributed by atoms with Gasteiger partial charge in [-0.1, -0.05) is 17.7 Å². The fourth-order valence-corrected chi connectivity index (χ4v) is 5.01. The molecule has 0 saturated carbocycles. The second kappa shape index (κ2) is 9.66. The molecular formula is C20H32N2O4S. The molecule has 0 atom stereocenters.